The van der Waals surface area contributed by atoms with Crippen molar-refractivity contribution in [3.05, 3.63) is 34.9 Å². The third-order valence-corrected chi connectivity index (χ3v) is 2.75. The summed E-state index contributed by atoms with van der Waals surface area (Å²) in [5, 5.41) is 4.49. The molecule has 0 aliphatic heterocycles. The highest BCUT2D eigenvalue weighted by Gasteiger charge is 1.99. The lowest BCUT2D eigenvalue weighted by molar-refractivity contribution is 1.08. The maximum atomic E-state index is 5.68. The molecule has 0 bridgehead atoms. The van der Waals surface area contributed by atoms with Crippen LogP contribution in [-0.4, -0.2) is 14.3 Å². The van der Waals surface area contributed by atoms with Crippen molar-refractivity contribution in [1.29, 1.82) is 0 Å². The number of hydrogen-bond acceptors (Lipinski definition) is 5. The maximum absolute atomic E-state index is 5.68. The zero-order valence-corrected chi connectivity index (χ0v) is 9.64. The van der Waals surface area contributed by atoms with Crippen molar-refractivity contribution in [1.82, 2.24) is 14.3 Å². The zero-order valence-electron chi connectivity index (χ0n) is 8.07. The highest BCUT2D eigenvalue weighted by atomic mass is 35.5. The first kappa shape index (κ1) is 10.3. The first-order valence-electron chi connectivity index (χ1n) is 4.38. The molecule has 15 heavy (non-hydrogen) atoms. The lowest BCUT2D eigenvalue weighted by Gasteiger charge is -2.01. The van der Waals surface area contributed by atoms with E-state index in [1.807, 2.05) is 13.0 Å². The SMILES string of the molecule is Cc1nsc(NCc2ccc(Cl)nc2)n1. The zero-order chi connectivity index (χ0) is 10.7. The molecule has 2 aromatic rings. The smallest absolute Gasteiger partial charge is 0.202 e. The molecule has 0 aliphatic carbocycles. The second-order valence-corrected chi connectivity index (χ2v) is 4.13. The van der Waals surface area contributed by atoms with Crippen molar-refractivity contribution >= 4 is 28.3 Å². The van der Waals surface area contributed by atoms with Gasteiger partial charge in [-0.1, -0.05) is 17.7 Å². The topological polar surface area (TPSA) is 50.7 Å². The van der Waals surface area contributed by atoms with Gasteiger partial charge in [0.25, 0.3) is 0 Å². The van der Waals surface area contributed by atoms with Gasteiger partial charge in [-0.3, -0.25) is 0 Å². The van der Waals surface area contributed by atoms with Crippen LogP contribution in [0.25, 0.3) is 0 Å². The lowest BCUT2D eigenvalue weighted by Crippen LogP contribution is -1.99. The molecule has 0 radical (unpaired) electrons. The van der Waals surface area contributed by atoms with Gasteiger partial charge in [-0.15, -0.1) is 0 Å². The van der Waals surface area contributed by atoms with E-state index in [2.05, 4.69) is 19.7 Å². The number of anilines is 1. The fraction of sp³-hybridized carbons (Fsp3) is 0.222. The van der Waals surface area contributed by atoms with Gasteiger partial charge in [0.1, 0.15) is 11.0 Å². The Labute approximate surface area is 96.5 Å². The standard InChI is InChI=1S/C9H9ClN4S/c1-6-13-9(15-14-6)12-5-7-2-3-8(10)11-4-7/h2-4H,5H2,1H3,(H,12,13,14). The third kappa shape index (κ3) is 2.87. The summed E-state index contributed by atoms with van der Waals surface area (Å²) in [5.41, 5.74) is 1.06. The Morgan fingerprint density at radius 2 is 2.33 bits per heavy atom. The molecule has 0 fully saturated rings. The summed E-state index contributed by atoms with van der Waals surface area (Å²) in [5.74, 6) is 0.789. The molecule has 6 heteroatoms. The predicted molar refractivity (Wildman–Crippen MR) is 61.2 cm³/mol. The molecule has 78 valence electrons. The maximum Gasteiger partial charge on any atom is 0.202 e. The van der Waals surface area contributed by atoms with Gasteiger partial charge >= 0.3 is 0 Å². The molecular weight excluding hydrogens is 232 g/mol. The number of halogens is 1. The molecule has 1 N–H and O–H groups in total. The summed E-state index contributed by atoms with van der Waals surface area (Å²) >= 11 is 7.03. The van der Waals surface area contributed by atoms with Gasteiger partial charge < -0.3 is 5.32 Å². The van der Waals surface area contributed by atoms with Gasteiger partial charge in [0, 0.05) is 24.3 Å². The highest BCUT2D eigenvalue weighted by molar-refractivity contribution is 7.09. The predicted octanol–water partition coefficient (Wildman–Crippen LogP) is 2.51. The van der Waals surface area contributed by atoms with Crippen LogP contribution in [-0.2, 0) is 6.54 Å². The quantitative estimate of drug-likeness (QED) is 0.838. The Morgan fingerprint density at radius 1 is 1.47 bits per heavy atom. The minimum Gasteiger partial charge on any atom is -0.356 e. The number of hydrogen-bond donors (Lipinski definition) is 1. The van der Waals surface area contributed by atoms with Crippen LogP contribution in [0.2, 0.25) is 5.15 Å². The summed E-state index contributed by atoms with van der Waals surface area (Å²) < 4.78 is 4.07. The molecule has 4 nitrogen and oxygen atoms in total. The number of rotatable bonds is 3. The van der Waals surface area contributed by atoms with Crippen LogP contribution >= 0.6 is 23.1 Å². The molecule has 0 unspecified atom stereocenters. The molecule has 2 heterocycles. The highest BCUT2D eigenvalue weighted by Crippen LogP contribution is 2.12. The fourth-order valence-corrected chi connectivity index (χ4v) is 1.74. The van der Waals surface area contributed by atoms with Gasteiger partial charge in [-0.25, -0.2) is 9.97 Å². The molecule has 0 saturated carbocycles. The molecule has 0 amide bonds. The summed E-state index contributed by atoms with van der Waals surface area (Å²) in [6, 6.07) is 3.69. The fourth-order valence-electron chi connectivity index (χ4n) is 1.06. The van der Waals surface area contributed by atoms with Crippen molar-refractivity contribution in [3.63, 3.8) is 0 Å². The molecule has 0 aromatic carbocycles. The van der Waals surface area contributed by atoms with Crippen LogP contribution in [0.5, 0.6) is 0 Å². The van der Waals surface area contributed by atoms with E-state index in [9.17, 15) is 0 Å². The molecule has 0 spiro atoms. The molecule has 0 saturated heterocycles. The average molecular weight is 241 g/mol. The van der Waals surface area contributed by atoms with Crippen LogP contribution in [0, 0.1) is 6.92 Å². The van der Waals surface area contributed by atoms with E-state index in [-0.39, 0.29) is 0 Å². The number of nitrogens with one attached hydrogen (secondary N) is 1. The summed E-state index contributed by atoms with van der Waals surface area (Å²) in [4.78, 5) is 8.18. The summed E-state index contributed by atoms with van der Waals surface area (Å²) in [6.45, 7) is 2.55. The average Bonchev–Trinajstić information content (AvgIpc) is 2.64. The van der Waals surface area contributed by atoms with Crippen LogP contribution in [0.15, 0.2) is 18.3 Å². The molecular formula is C9H9ClN4S. The number of aromatic nitrogens is 3. The minimum absolute atomic E-state index is 0.505. The molecule has 2 aromatic heterocycles. The van der Waals surface area contributed by atoms with Crippen molar-refractivity contribution < 1.29 is 0 Å². The number of aryl methyl sites for hydroxylation is 1. The van der Waals surface area contributed by atoms with E-state index < -0.39 is 0 Å². The Bertz CT molecular complexity index is 440. The second kappa shape index (κ2) is 4.55. The molecule has 0 atom stereocenters. The van der Waals surface area contributed by atoms with Crippen LogP contribution in [0.4, 0.5) is 5.13 Å². The van der Waals surface area contributed by atoms with E-state index >= 15 is 0 Å². The van der Waals surface area contributed by atoms with E-state index in [1.165, 1.54) is 11.5 Å². The molecule has 0 aliphatic rings. The van der Waals surface area contributed by atoms with Crippen LogP contribution in [0.1, 0.15) is 11.4 Å². The number of pyridine rings is 1. The second-order valence-electron chi connectivity index (χ2n) is 2.99. The van der Waals surface area contributed by atoms with E-state index in [0.29, 0.717) is 11.7 Å². The Balaban J connectivity index is 1.96. The lowest BCUT2D eigenvalue weighted by atomic mass is 10.3. The van der Waals surface area contributed by atoms with Crippen molar-refractivity contribution in [2.75, 3.05) is 5.32 Å². The van der Waals surface area contributed by atoms with Gasteiger partial charge in [0.2, 0.25) is 5.13 Å². The summed E-state index contributed by atoms with van der Waals surface area (Å²) in [6.07, 6.45) is 1.74. The number of nitrogens with zero attached hydrogens (tertiary/aromatic N) is 3. The van der Waals surface area contributed by atoms with E-state index in [4.69, 9.17) is 11.6 Å². The first-order valence-corrected chi connectivity index (χ1v) is 5.54. The van der Waals surface area contributed by atoms with Crippen molar-refractivity contribution in [2.45, 2.75) is 13.5 Å². The Morgan fingerprint density at radius 3 is 2.93 bits per heavy atom. The third-order valence-electron chi connectivity index (χ3n) is 1.76. The van der Waals surface area contributed by atoms with Gasteiger partial charge in [0.05, 0.1) is 0 Å². The van der Waals surface area contributed by atoms with Gasteiger partial charge in [-0.2, -0.15) is 4.37 Å². The van der Waals surface area contributed by atoms with E-state index in [0.717, 1.165) is 16.5 Å². The van der Waals surface area contributed by atoms with Gasteiger partial charge in [0.15, 0.2) is 0 Å². The summed E-state index contributed by atoms with van der Waals surface area (Å²) in [7, 11) is 0. The van der Waals surface area contributed by atoms with Crippen LogP contribution < -0.4 is 5.32 Å². The molecule has 2 rings (SSSR count). The Hall–Kier alpha value is -1.20. The monoisotopic (exact) mass is 240 g/mol. The van der Waals surface area contributed by atoms with Gasteiger partial charge in [-0.05, 0) is 18.6 Å². The van der Waals surface area contributed by atoms with Crippen LogP contribution in [0.3, 0.4) is 0 Å². The normalized spacial score (nSPS) is 10.3. The van der Waals surface area contributed by atoms with E-state index in [1.54, 1.807) is 12.3 Å². The minimum atomic E-state index is 0.505. The first-order chi connectivity index (χ1) is 7.24. The van der Waals surface area contributed by atoms with Crippen molar-refractivity contribution in [3.8, 4) is 0 Å². The van der Waals surface area contributed by atoms with Crippen molar-refractivity contribution in [2.24, 2.45) is 0 Å². The Kier molecular flexibility index (Phi) is 3.13. The largest absolute Gasteiger partial charge is 0.356 e.